The van der Waals surface area contributed by atoms with Gasteiger partial charge in [-0.2, -0.15) is 0 Å². The molecule has 0 heterocycles. The van der Waals surface area contributed by atoms with Crippen LogP contribution in [0, 0.1) is 17.5 Å². The highest BCUT2D eigenvalue weighted by atomic mass is 28.2. The summed E-state index contributed by atoms with van der Waals surface area (Å²) < 4.78 is 44.4. The van der Waals surface area contributed by atoms with Gasteiger partial charge < -0.3 is 4.74 Å². The minimum atomic E-state index is -1.59. The summed E-state index contributed by atoms with van der Waals surface area (Å²) in [4.78, 5) is 12.2. The highest BCUT2D eigenvalue weighted by Gasteiger charge is 2.22. The van der Waals surface area contributed by atoms with Crippen LogP contribution < -0.4 is 4.74 Å². The zero-order valence-corrected chi connectivity index (χ0v) is 16.7. The van der Waals surface area contributed by atoms with Gasteiger partial charge in [0, 0.05) is 21.7 Å². The molecule has 0 aliphatic heterocycles. The van der Waals surface area contributed by atoms with Gasteiger partial charge in [0.2, 0.25) is 0 Å². The molecule has 27 heavy (non-hydrogen) atoms. The van der Waals surface area contributed by atoms with Crippen molar-refractivity contribution in [2.24, 2.45) is 0 Å². The van der Waals surface area contributed by atoms with E-state index in [2.05, 4.69) is 6.92 Å². The summed E-state index contributed by atoms with van der Waals surface area (Å²) in [5.41, 5.74) is 2.47. The third-order valence-electron chi connectivity index (χ3n) is 5.33. The topological polar surface area (TPSA) is 26.3 Å². The number of carbonyl (C=O) groups excluding carboxylic acids is 1. The molecule has 2 aromatic rings. The maximum Gasteiger partial charge on any atom is 0.343 e. The standard InChI is InChI=1S/C21H23F3O2Si/c1-2-27-17-9-7-14(8-10-17)13-3-5-15(6-4-13)21(25)26-16-11-18(22)20(24)19(23)12-16/h3-6,11-12,14,17H,2,7-10,27H2,1H3. The molecule has 0 saturated heterocycles. The van der Waals surface area contributed by atoms with Gasteiger partial charge in [-0.25, -0.2) is 18.0 Å². The monoisotopic (exact) mass is 392 g/mol. The molecule has 6 heteroatoms. The third-order valence-corrected chi connectivity index (χ3v) is 7.54. The molecule has 0 unspecified atom stereocenters. The van der Waals surface area contributed by atoms with Crippen molar-refractivity contribution in [1.29, 1.82) is 0 Å². The Hall–Kier alpha value is -2.08. The van der Waals surface area contributed by atoms with Crippen molar-refractivity contribution in [3.8, 4) is 5.75 Å². The summed E-state index contributed by atoms with van der Waals surface area (Å²) in [5.74, 6) is -4.94. The molecule has 0 atom stereocenters. The number of rotatable bonds is 5. The van der Waals surface area contributed by atoms with E-state index in [0.29, 0.717) is 18.1 Å². The van der Waals surface area contributed by atoms with E-state index in [1.807, 2.05) is 12.1 Å². The second kappa shape index (κ2) is 8.74. The van der Waals surface area contributed by atoms with Crippen LogP contribution in [0.15, 0.2) is 36.4 Å². The molecule has 1 fully saturated rings. The Labute approximate surface area is 159 Å². The first-order chi connectivity index (χ1) is 13.0. The van der Waals surface area contributed by atoms with Gasteiger partial charge in [-0.05, 0) is 36.5 Å². The van der Waals surface area contributed by atoms with E-state index in [0.717, 1.165) is 5.54 Å². The van der Waals surface area contributed by atoms with Crippen LogP contribution in [0.25, 0.3) is 0 Å². The van der Waals surface area contributed by atoms with Crippen molar-refractivity contribution in [2.75, 3.05) is 0 Å². The Bertz CT molecular complexity index is 777. The molecule has 0 N–H and O–H groups in total. The van der Waals surface area contributed by atoms with E-state index in [9.17, 15) is 18.0 Å². The van der Waals surface area contributed by atoms with Crippen LogP contribution in [0.3, 0.4) is 0 Å². The summed E-state index contributed by atoms with van der Waals surface area (Å²) in [6, 6.07) is 9.86. The first-order valence-corrected chi connectivity index (χ1v) is 11.3. The van der Waals surface area contributed by atoms with Gasteiger partial charge in [0.05, 0.1) is 5.56 Å². The number of esters is 1. The van der Waals surface area contributed by atoms with Crippen LogP contribution in [0.2, 0.25) is 11.6 Å². The van der Waals surface area contributed by atoms with Gasteiger partial charge >= 0.3 is 5.97 Å². The van der Waals surface area contributed by atoms with Crippen LogP contribution in [-0.4, -0.2) is 15.5 Å². The molecule has 0 bridgehead atoms. The lowest BCUT2D eigenvalue weighted by Gasteiger charge is -2.28. The number of ether oxygens (including phenoxy) is 1. The number of benzene rings is 2. The molecule has 144 valence electrons. The van der Waals surface area contributed by atoms with Gasteiger partial charge in [-0.3, -0.25) is 0 Å². The summed E-state index contributed by atoms with van der Waals surface area (Å²) in [6.07, 6.45) is 4.98. The first kappa shape index (κ1) is 19.7. The van der Waals surface area contributed by atoms with Crippen molar-refractivity contribution in [3.63, 3.8) is 0 Å². The van der Waals surface area contributed by atoms with E-state index in [1.165, 1.54) is 37.3 Å². The fourth-order valence-electron chi connectivity index (χ4n) is 3.84. The lowest BCUT2D eigenvalue weighted by Crippen LogP contribution is -2.14. The highest BCUT2D eigenvalue weighted by molar-refractivity contribution is 6.37. The Balaban J connectivity index is 1.62. The molecular weight excluding hydrogens is 369 g/mol. The van der Waals surface area contributed by atoms with Gasteiger partial charge in [-0.15, -0.1) is 0 Å². The smallest absolute Gasteiger partial charge is 0.343 e. The molecule has 2 nitrogen and oxygen atoms in total. The van der Waals surface area contributed by atoms with Crippen LogP contribution >= 0.6 is 0 Å². The molecule has 0 amide bonds. The van der Waals surface area contributed by atoms with Crippen molar-refractivity contribution in [1.82, 2.24) is 0 Å². The minimum absolute atomic E-state index is 0.0808. The van der Waals surface area contributed by atoms with Crippen LogP contribution in [-0.2, 0) is 0 Å². The zero-order valence-electron chi connectivity index (χ0n) is 15.3. The Morgan fingerprint density at radius 1 is 1.04 bits per heavy atom. The highest BCUT2D eigenvalue weighted by Crippen LogP contribution is 2.38. The Kier molecular flexibility index (Phi) is 6.37. The number of halogens is 3. The van der Waals surface area contributed by atoms with E-state index in [1.54, 1.807) is 12.1 Å². The summed E-state index contributed by atoms with van der Waals surface area (Å²) in [7, 11) is 0.0808. The van der Waals surface area contributed by atoms with Crippen LogP contribution in [0.4, 0.5) is 13.2 Å². The number of hydrogen-bond acceptors (Lipinski definition) is 2. The van der Waals surface area contributed by atoms with Crippen molar-refractivity contribution in [2.45, 2.75) is 50.1 Å². The molecule has 3 rings (SSSR count). The van der Waals surface area contributed by atoms with Crippen LogP contribution in [0.1, 0.15) is 54.4 Å². The summed E-state index contributed by atoms with van der Waals surface area (Å²) in [5, 5.41) is 0. The second-order valence-corrected chi connectivity index (χ2v) is 9.95. The van der Waals surface area contributed by atoms with Crippen molar-refractivity contribution < 1.29 is 22.7 Å². The minimum Gasteiger partial charge on any atom is -0.423 e. The van der Waals surface area contributed by atoms with Crippen molar-refractivity contribution >= 4 is 15.5 Å². The fraction of sp³-hybridized carbons (Fsp3) is 0.381. The molecule has 1 aliphatic carbocycles. The number of carbonyl (C=O) groups is 1. The predicted octanol–water partition coefficient (Wildman–Crippen LogP) is 5.38. The Morgan fingerprint density at radius 3 is 2.19 bits per heavy atom. The van der Waals surface area contributed by atoms with Gasteiger partial charge in [0.25, 0.3) is 0 Å². The van der Waals surface area contributed by atoms with Gasteiger partial charge in [0.1, 0.15) is 5.75 Å². The molecule has 1 aliphatic rings. The van der Waals surface area contributed by atoms with Gasteiger partial charge in [-0.1, -0.05) is 43.5 Å². The second-order valence-electron chi connectivity index (χ2n) is 7.22. The van der Waals surface area contributed by atoms with Gasteiger partial charge in [0.15, 0.2) is 17.5 Å². The Morgan fingerprint density at radius 2 is 1.63 bits per heavy atom. The number of hydrogen-bond donors (Lipinski definition) is 0. The largest absolute Gasteiger partial charge is 0.423 e. The lowest BCUT2D eigenvalue weighted by atomic mass is 9.83. The van der Waals surface area contributed by atoms with E-state index >= 15 is 0 Å². The molecule has 2 aromatic carbocycles. The van der Waals surface area contributed by atoms with E-state index in [4.69, 9.17) is 4.74 Å². The molecule has 0 radical (unpaired) electrons. The molecule has 0 aromatic heterocycles. The van der Waals surface area contributed by atoms with Crippen molar-refractivity contribution in [3.05, 3.63) is 65.0 Å². The quantitative estimate of drug-likeness (QED) is 0.296. The maximum atomic E-state index is 13.2. The van der Waals surface area contributed by atoms with E-state index in [-0.39, 0.29) is 20.8 Å². The van der Waals surface area contributed by atoms with Crippen LogP contribution in [0.5, 0.6) is 5.75 Å². The average molecular weight is 392 g/mol. The fourth-order valence-corrected chi connectivity index (χ4v) is 5.71. The predicted molar refractivity (Wildman–Crippen MR) is 102 cm³/mol. The normalized spacial score (nSPS) is 20.1. The first-order valence-electron chi connectivity index (χ1n) is 9.44. The third kappa shape index (κ3) is 4.80. The lowest BCUT2D eigenvalue weighted by molar-refractivity contribution is 0.0733. The maximum absolute atomic E-state index is 13.2. The zero-order chi connectivity index (χ0) is 19.4. The molecule has 0 spiro atoms. The summed E-state index contributed by atoms with van der Waals surface area (Å²) in [6.45, 7) is 2.28. The van der Waals surface area contributed by atoms with E-state index < -0.39 is 23.4 Å². The SMILES string of the molecule is CC[SiH2]C1CCC(c2ccc(C(=O)Oc3cc(F)c(F)c(F)c3)cc2)CC1. The molecule has 1 saturated carbocycles. The molecular formula is C21H23F3O2Si. The summed E-state index contributed by atoms with van der Waals surface area (Å²) >= 11 is 0. The average Bonchev–Trinajstić information content (AvgIpc) is 2.67.